The lowest BCUT2D eigenvalue weighted by atomic mass is 9.90. The second kappa shape index (κ2) is 18.5. The van der Waals surface area contributed by atoms with Gasteiger partial charge >= 0.3 is 12.2 Å². The van der Waals surface area contributed by atoms with Gasteiger partial charge in [0.05, 0.1) is 12.9 Å². The minimum atomic E-state index is -1.21. The van der Waals surface area contributed by atoms with Crippen LogP contribution in [0.3, 0.4) is 0 Å². The van der Waals surface area contributed by atoms with Crippen molar-refractivity contribution in [2.45, 2.75) is 135 Å². The Morgan fingerprint density at radius 2 is 1.66 bits per heavy atom. The molecule has 10 nitrogen and oxygen atoms in total. The van der Waals surface area contributed by atoms with Crippen molar-refractivity contribution in [3.8, 4) is 12.3 Å². The number of ether oxygens (including phenoxy) is 3. The van der Waals surface area contributed by atoms with E-state index in [4.69, 9.17) is 20.6 Å². The third-order valence-corrected chi connectivity index (χ3v) is 8.28. The molecule has 3 heterocycles. The lowest BCUT2D eigenvalue weighted by Gasteiger charge is -2.26. The van der Waals surface area contributed by atoms with E-state index < -0.39 is 24.1 Å². The normalized spacial score (nSPS) is 19.6. The summed E-state index contributed by atoms with van der Waals surface area (Å²) in [6, 6.07) is 0. The van der Waals surface area contributed by atoms with Crippen molar-refractivity contribution in [3.63, 3.8) is 0 Å². The Morgan fingerprint density at radius 3 is 2.32 bits per heavy atom. The van der Waals surface area contributed by atoms with E-state index in [1.807, 2.05) is 6.92 Å². The second-order valence-electron chi connectivity index (χ2n) is 11.8. The largest absolute Gasteiger partial charge is 0.508 e. The molecule has 3 rings (SSSR count). The standard InChI is InChI=1S/C33H50FN5O5/c1-5-8-10-12-13-14-15-16-17-19-21-42-32(41)43-23-33(7-3)25(4)22-27(44-33)39-24-35-28-29(37-31(34)38-30(28)39)36-26(40)20-18-11-9-6-2/h3,24-25,27H,5-6,8-23H2,1-2,4H3,(H,36,37,38,40)/t25-,27+,33+/m0/s1. The molecule has 1 aliphatic rings. The number of unbranched alkanes of at least 4 members (excludes halogenated alkanes) is 12. The van der Waals surface area contributed by atoms with E-state index in [2.05, 4.69) is 40.0 Å². The molecule has 2 aromatic rings. The molecule has 0 unspecified atom stereocenters. The van der Waals surface area contributed by atoms with E-state index in [1.54, 1.807) is 4.57 Å². The third-order valence-electron chi connectivity index (χ3n) is 8.28. The summed E-state index contributed by atoms with van der Waals surface area (Å²) < 4.78 is 32.9. The average molecular weight is 616 g/mol. The van der Waals surface area contributed by atoms with Gasteiger partial charge in [-0.05, 0) is 19.3 Å². The Kier molecular flexibility index (Phi) is 14.8. The zero-order valence-electron chi connectivity index (χ0n) is 26.7. The summed E-state index contributed by atoms with van der Waals surface area (Å²) in [5.41, 5.74) is -0.798. The fourth-order valence-corrected chi connectivity index (χ4v) is 5.51. The number of aromatic nitrogens is 4. The number of fused-ring (bicyclic) bond motifs is 1. The van der Waals surface area contributed by atoms with Crippen LogP contribution in [0.25, 0.3) is 11.2 Å². The van der Waals surface area contributed by atoms with Crippen molar-refractivity contribution in [2.75, 3.05) is 18.5 Å². The number of terminal acetylenes is 1. The highest BCUT2D eigenvalue weighted by molar-refractivity contribution is 5.96. The molecule has 1 saturated heterocycles. The first-order valence-electron chi connectivity index (χ1n) is 16.5. The molecule has 0 aliphatic carbocycles. The van der Waals surface area contributed by atoms with Crippen LogP contribution in [0.15, 0.2) is 6.33 Å². The third kappa shape index (κ3) is 10.4. The van der Waals surface area contributed by atoms with E-state index in [1.165, 1.54) is 51.3 Å². The average Bonchev–Trinajstić information content (AvgIpc) is 3.58. The monoisotopic (exact) mass is 615 g/mol. The van der Waals surface area contributed by atoms with Crippen molar-refractivity contribution in [1.82, 2.24) is 19.5 Å². The van der Waals surface area contributed by atoms with Gasteiger partial charge in [-0.3, -0.25) is 9.36 Å². The molecule has 0 bridgehead atoms. The molecule has 1 N–H and O–H groups in total. The predicted octanol–water partition coefficient (Wildman–Crippen LogP) is 7.88. The summed E-state index contributed by atoms with van der Waals surface area (Å²) in [4.78, 5) is 36.8. The van der Waals surface area contributed by atoms with E-state index in [0.29, 0.717) is 19.4 Å². The fourth-order valence-electron chi connectivity index (χ4n) is 5.51. The number of rotatable bonds is 20. The van der Waals surface area contributed by atoms with Gasteiger partial charge in [0.1, 0.15) is 12.8 Å². The summed E-state index contributed by atoms with van der Waals surface area (Å²) in [5.74, 6) is 2.20. The van der Waals surface area contributed by atoms with Gasteiger partial charge in [0.25, 0.3) is 0 Å². The maximum Gasteiger partial charge on any atom is 0.508 e. The zero-order chi connectivity index (χ0) is 31.8. The van der Waals surface area contributed by atoms with Crippen molar-refractivity contribution in [2.24, 2.45) is 5.92 Å². The molecule has 44 heavy (non-hydrogen) atoms. The Morgan fingerprint density at radius 1 is 1.02 bits per heavy atom. The van der Waals surface area contributed by atoms with Crippen LogP contribution in [-0.2, 0) is 19.0 Å². The summed E-state index contributed by atoms with van der Waals surface area (Å²) in [6.07, 6.45) is 21.4. The van der Waals surface area contributed by atoms with Crippen LogP contribution in [0.2, 0.25) is 0 Å². The highest BCUT2D eigenvalue weighted by Gasteiger charge is 2.47. The molecule has 0 aromatic carbocycles. The minimum Gasteiger partial charge on any atom is -0.434 e. The summed E-state index contributed by atoms with van der Waals surface area (Å²) in [7, 11) is 0. The lowest BCUT2D eigenvalue weighted by Crippen LogP contribution is -2.39. The highest BCUT2D eigenvalue weighted by atomic mass is 19.1. The maximum absolute atomic E-state index is 14.4. The first kappa shape index (κ1) is 35.2. The highest BCUT2D eigenvalue weighted by Crippen LogP contribution is 2.42. The summed E-state index contributed by atoms with van der Waals surface area (Å²) in [6.45, 7) is 6.33. The van der Waals surface area contributed by atoms with Crippen LogP contribution in [-0.4, -0.2) is 50.4 Å². The van der Waals surface area contributed by atoms with Gasteiger partial charge in [0.2, 0.25) is 5.91 Å². The van der Waals surface area contributed by atoms with Crippen LogP contribution >= 0.6 is 0 Å². The van der Waals surface area contributed by atoms with Crippen molar-refractivity contribution in [3.05, 3.63) is 12.4 Å². The van der Waals surface area contributed by atoms with Gasteiger partial charge in [-0.2, -0.15) is 14.4 Å². The van der Waals surface area contributed by atoms with Crippen LogP contribution in [0.1, 0.15) is 130 Å². The number of halogens is 1. The maximum atomic E-state index is 14.4. The quantitative estimate of drug-likeness (QED) is 0.0692. The van der Waals surface area contributed by atoms with Crippen molar-refractivity contribution >= 4 is 29.0 Å². The van der Waals surface area contributed by atoms with Gasteiger partial charge < -0.3 is 19.5 Å². The molecule has 0 radical (unpaired) electrons. The van der Waals surface area contributed by atoms with E-state index >= 15 is 0 Å². The number of carbonyl (C=O) groups is 2. The Labute approximate surface area is 261 Å². The molecule has 244 valence electrons. The minimum absolute atomic E-state index is 0.00878. The zero-order valence-corrected chi connectivity index (χ0v) is 26.7. The number of hydrogen-bond acceptors (Lipinski definition) is 8. The van der Waals surface area contributed by atoms with Crippen LogP contribution in [0.5, 0.6) is 0 Å². The molecule has 3 atom stereocenters. The number of carbonyl (C=O) groups excluding carboxylic acids is 2. The van der Waals surface area contributed by atoms with Gasteiger partial charge in [-0.25, -0.2) is 9.78 Å². The predicted molar refractivity (Wildman–Crippen MR) is 167 cm³/mol. The van der Waals surface area contributed by atoms with Gasteiger partial charge in [0.15, 0.2) is 22.6 Å². The summed E-state index contributed by atoms with van der Waals surface area (Å²) >= 11 is 0. The number of nitrogens with zero attached hydrogens (tertiary/aromatic N) is 4. The number of amides is 1. The molecule has 1 aliphatic heterocycles. The van der Waals surface area contributed by atoms with Gasteiger partial charge in [0, 0.05) is 12.3 Å². The SMILES string of the molecule is C#C[C@]1(COC(=O)OCCCCCCCCCCCC)O[C@@H](n2cnc3c(NC(=O)CCCCCC)nc(F)nc32)C[C@@H]1C. The van der Waals surface area contributed by atoms with Crippen LogP contribution < -0.4 is 5.32 Å². The van der Waals surface area contributed by atoms with Crippen molar-refractivity contribution in [1.29, 1.82) is 0 Å². The van der Waals surface area contributed by atoms with E-state index in [0.717, 1.165) is 44.9 Å². The fraction of sp³-hybridized carbons (Fsp3) is 0.727. The topological polar surface area (TPSA) is 117 Å². The molecular weight excluding hydrogens is 565 g/mol. The van der Waals surface area contributed by atoms with Crippen molar-refractivity contribution < 1.29 is 28.2 Å². The first-order chi connectivity index (χ1) is 21.3. The number of anilines is 1. The van der Waals surface area contributed by atoms with Gasteiger partial charge in [-0.15, -0.1) is 6.42 Å². The Bertz CT molecular complexity index is 1230. The Hall–Kier alpha value is -3.26. The van der Waals surface area contributed by atoms with Crippen LogP contribution in [0, 0.1) is 24.3 Å². The summed E-state index contributed by atoms with van der Waals surface area (Å²) in [5, 5.41) is 2.67. The van der Waals surface area contributed by atoms with Crippen LogP contribution in [0.4, 0.5) is 15.0 Å². The first-order valence-corrected chi connectivity index (χ1v) is 16.5. The Balaban J connectivity index is 1.48. The molecule has 0 saturated carbocycles. The second-order valence-corrected chi connectivity index (χ2v) is 11.8. The number of nitrogens with one attached hydrogen (secondary N) is 1. The smallest absolute Gasteiger partial charge is 0.434 e. The van der Waals surface area contributed by atoms with E-state index in [9.17, 15) is 14.0 Å². The molecule has 2 aromatic heterocycles. The molecule has 11 heteroatoms. The molecular formula is C33H50FN5O5. The number of hydrogen-bond donors (Lipinski definition) is 1. The molecule has 1 fully saturated rings. The van der Waals surface area contributed by atoms with E-state index in [-0.39, 0.29) is 35.4 Å². The molecule has 0 spiro atoms. The lowest BCUT2D eigenvalue weighted by molar-refractivity contribution is -0.116. The number of imidazole rings is 1. The van der Waals surface area contributed by atoms with Gasteiger partial charge in [-0.1, -0.05) is 104 Å². The molecule has 1 amide bonds.